The minimum Gasteiger partial charge on any atom is -0.493 e. The van der Waals surface area contributed by atoms with Gasteiger partial charge in [-0.2, -0.15) is 0 Å². The molecule has 1 N–H and O–H groups in total. The summed E-state index contributed by atoms with van der Waals surface area (Å²) in [6.07, 6.45) is 2.62. The molecule has 2 aromatic rings. The third-order valence-corrected chi connectivity index (χ3v) is 3.71. The van der Waals surface area contributed by atoms with Crippen LogP contribution < -0.4 is 10.1 Å². The third-order valence-electron chi connectivity index (χ3n) is 3.21. The van der Waals surface area contributed by atoms with Crippen molar-refractivity contribution in [1.82, 2.24) is 10.3 Å². The summed E-state index contributed by atoms with van der Waals surface area (Å²) in [6.45, 7) is 2.75. The lowest BCUT2D eigenvalue weighted by atomic mass is 10.1. The standard InChI is InChI=1S/C16H19BrN2O/c1-12(18-2)15-11-13(17)6-7-16(15)20-10-8-14-5-3-4-9-19-14/h3-7,9,11-12,18H,8,10H2,1-2H3. The zero-order chi connectivity index (χ0) is 14.4. The van der Waals surface area contributed by atoms with Crippen molar-refractivity contribution >= 4 is 15.9 Å². The van der Waals surface area contributed by atoms with E-state index in [-0.39, 0.29) is 6.04 Å². The highest BCUT2D eigenvalue weighted by Gasteiger charge is 2.10. The summed E-state index contributed by atoms with van der Waals surface area (Å²) in [4.78, 5) is 4.30. The molecule has 1 atom stereocenters. The smallest absolute Gasteiger partial charge is 0.124 e. The SMILES string of the molecule is CNC(C)c1cc(Br)ccc1OCCc1ccccn1. The van der Waals surface area contributed by atoms with E-state index < -0.39 is 0 Å². The first kappa shape index (κ1) is 15.0. The molecule has 1 aromatic heterocycles. The van der Waals surface area contributed by atoms with Crippen LogP contribution in [-0.2, 0) is 6.42 Å². The van der Waals surface area contributed by atoms with Gasteiger partial charge in [0.15, 0.2) is 0 Å². The molecule has 0 aliphatic carbocycles. The van der Waals surface area contributed by atoms with Gasteiger partial charge in [-0.05, 0) is 44.3 Å². The van der Waals surface area contributed by atoms with Crippen LogP contribution in [0.1, 0.15) is 24.2 Å². The Hall–Kier alpha value is -1.39. The van der Waals surface area contributed by atoms with Gasteiger partial charge in [0.05, 0.1) is 6.61 Å². The molecule has 1 unspecified atom stereocenters. The van der Waals surface area contributed by atoms with E-state index in [1.807, 2.05) is 43.6 Å². The molecule has 4 heteroatoms. The normalized spacial score (nSPS) is 12.2. The van der Waals surface area contributed by atoms with Gasteiger partial charge in [0.2, 0.25) is 0 Å². The Morgan fingerprint density at radius 1 is 1.30 bits per heavy atom. The maximum absolute atomic E-state index is 5.92. The predicted octanol–water partition coefficient (Wildman–Crippen LogP) is 3.75. The molecule has 106 valence electrons. The van der Waals surface area contributed by atoms with E-state index in [1.165, 1.54) is 0 Å². The number of pyridine rings is 1. The van der Waals surface area contributed by atoms with Crippen LogP contribution >= 0.6 is 15.9 Å². The monoisotopic (exact) mass is 334 g/mol. The van der Waals surface area contributed by atoms with E-state index in [0.29, 0.717) is 6.61 Å². The van der Waals surface area contributed by atoms with Crippen molar-refractivity contribution in [3.63, 3.8) is 0 Å². The topological polar surface area (TPSA) is 34.1 Å². The Morgan fingerprint density at radius 3 is 2.85 bits per heavy atom. The lowest BCUT2D eigenvalue weighted by molar-refractivity contribution is 0.314. The van der Waals surface area contributed by atoms with Gasteiger partial charge in [-0.15, -0.1) is 0 Å². The van der Waals surface area contributed by atoms with Crippen LogP contribution in [0.5, 0.6) is 5.75 Å². The number of benzene rings is 1. The summed E-state index contributed by atoms with van der Waals surface area (Å²) in [6, 6.07) is 12.3. The highest BCUT2D eigenvalue weighted by atomic mass is 79.9. The van der Waals surface area contributed by atoms with Crippen molar-refractivity contribution in [2.45, 2.75) is 19.4 Å². The molecule has 0 spiro atoms. The number of nitrogens with zero attached hydrogens (tertiary/aromatic N) is 1. The highest BCUT2D eigenvalue weighted by Crippen LogP contribution is 2.28. The van der Waals surface area contributed by atoms with Crippen LogP contribution in [0.25, 0.3) is 0 Å². The molecule has 0 aliphatic rings. The maximum atomic E-state index is 5.92. The van der Waals surface area contributed by atoms with Crippen LogP contribution in [0.4, 0.5) is 0 Å². The van der Waals surface area contributed by atoms with Crippen molar-refractivity contribution in [2.24, 2.45) is 0 Å². The zero-order valence-electron chi connectivity index (χ0n) is 11.8. The van der Waals surface area contributed by atoms with E-state index >= 15 is 0 Å². The first-order valence-electron chi connectivity index (χ1n) is 6.70. The summed E-state index contributed by atoms with van der Waals surface area (Å²) in [7, 11) is 1.95. The molecule has 0 radical (unpaired) electrons. The Kier molecular flexibility index (Phi) is 5.56. The van der Waals surface area contributed by atoms with Gasteiger partial charge in [0.25, 0.3) is 0 Å². The number of hydrogen-bond acceptors (Lipinski definition) is 3. The molecule has 0 saturated heterocycles. The van der Waals surface area contributed by atoms with Gasteiger partial charge in [-0.25, -0.2) is 0 Å². The van der Waals surface area contributed by atoms with Crippen molar-refractivity contribution in [1.29, 1.82) is 0 Å². The molecule has 0 aliphatic heterocycles. The lowest BCUT2D eigenvalue weighted by Gasteiger charge is -2.17. The van der Waals surface area contributed by atoms with Crippen molar-refractivity contribution in [3.8, 4) is 5.75 Å². The molecule has 3 nitrogen and oxygen atoms in total. The third kappa shape index (κ3) is 4.05. The molecule has 2 rings (SSSR count). The van der Waals surface area contributed by atoms with E-state index in [0.717, 1.165) is 27.9 Å². The molecule has 20 heavy (non-hydrogen) atoms. The minimum atomic E-state index is 0.248. The van der Waals surface area contributed by atoms with Crippen molar-refractivity contribution in [3.05, 3.63) is 58.3 Å². The fourth-order valence-corrected chi connectivity index (χ4v) is 2.34. The van der Waals surface area contributed by atoms with Gasteiger partial charge in [-0.3, -0.25) is 4.98 Å². The summed E-state index contributed by atoms with van der Waals surface area (Å²) in [5, 5.41) is 3.24. The fraction of sp³-hybridized carbons (Fsp3) is 0.312. The molecule has 0 bridgehead atoms. The summed E-state index contributed by atoms with van der Waals surface area (Å²) < 4.78 is 6.98. The lowest BCUT2D eigenvalue weighted by Crippen LogP contribution is -2.14. The highest BCUT2D eigenvalue weighted by molar-refractivity contribution is 9.10. The largest absolute Gasteiger partial charge is 0.493 e. The van der Waals surface area contributed by atoms with Gasteiger partial charge in [0.1, 0.15) is 5.75 Å². The number of aromatic nitrogens is 1. The number of hydrogen-bond donors (Lipinski definition) is 1. The molecule has 0 fully saturated rings. The second-order valence-electron chi connectivity index (χ2n) is 4.61. The van der Waals surface area contributed by atoms with Crippen LogP contribution in [0.15, 0.2) is 47.1 Å². The second-order valence-corrected chi connectivity index (χ2v) is 5.53. The van der Waals surface area contributed by atoms with Gasteiger partial charge in [-0.1, -0.05) is 22.0 Å². The summed E-state index contributed by atoms with van der Waals surface area (Å²) >= 11 is 3.51. The van der Waals surface area contributed by atoms with E-state index in [2.05, 4.69) is 39.2 Å². The molecule has 1 aromatic carbocycles. The van der Waals surface area contributed by atoms with E-state index in [4.69, 9.17) is 4.74 Å². The van der Waals surface area contributed by atoms with E-state index in [1.54, 1.807) is 0 Å². The number of nitrogens with one attached hydrogen (secondary N) is 1. The summed E-state index contributed by atoms with van der Waals surface area (Å²) in [5.74, 6) is 0.922. The zero-order valence-corrected chi connectivity index (χ0v) is 13.4. The quantitative estimate of drug-likeness (QED) is 0.873. The Labute approximate surface area is 128 Å². The van der Waals surface area contributed by atoms with Crippen LogP contribution in [0, 0.1) is 0 Å². The van der Waals surface area contributed by atoms with Gasteiger partial charge < -0.3 is 10.1 Å². The Morgan fingerprint density at radius 2 is 2.15 bits per heavy atom. The van der Waals surface area contributed by atoms with Gasteiger partial charge >= 0.3 is 0 Å². The van der Waals surface area contributed by atoms with Gasteiger partial charge in [0, 0.05) is 34.4 Å². The molecule has 1 heterocycles. The molecule has 0 amide bonds. The van der Waals surface area contributed by atoms with Crippen LogP contribution in [-0.4, -0.2) is 18.6 Å². The maximum Gasteiger partial charge on any atom is 0.124 e. The van der Waals surface area contributed by atoms with Crippen molar-refractivity contribution in [2.75, 3.05) is 13.7 Å². The molecular formula is C16H19BrN2O. The number of halogens is 1. The Bertz CT molecular complexity index is 545. The summed E-state index contributed by atoms with van der Waals surface area (Å²) in [5.41, 5.74) is 2.20. The number of rotatable bonds is 6. The minimum absolute atomic E-state index is 0.248. The second kappa shape index (κ2) is 7.41. The predicted molar refractivity (Wildman–Crippen MR) is 85.1 cm³/mol. The molecule has 0 saturated carbocycles. The Balaban J connectivity index is 2.02. The fourth-order valence-electron chi connectivity index (χ4n) is 1.96. The average molecular weight is 335 g/mol. The average Bonchev–Trinajstić information content (AvgIpc) is 2.49. The van der Waals surface area contributed by atoms with E-state index in [9.17, 15) is 0 Å². The van der Waals surface area contributed by atoms with Crippen LogP contribution in [0.3, 0.4) is 0 Å². The first-order chi connectivity index (χ1) is 9.70. The number of ether oxygens (including phenoxy) is 1. The first-order valence-corrected chi connectivity index (χ1v) is 7.49. The van der Waals surface area contributed by atoms with Crippen LogP contribution in [0.2, 0.25) is 0 Å². The van der Waals surface area contributed by atoms with Crippen molar-refractivity contribution < 1.29 is 4.74 Å². The molecular weight excluding hydrogens is 316 g/mol.